The molecule has 2 atom stereocenters. The Hall–Kier alpha value is -2.87. The summed E-state index contributed by atoms with van der Waals surface area (Å²) in [7, 11) is 0. The van der Waals surface area contributed by atoms with Crippen LogP contribution in [0.5, 0.6) is 5.75 Å². The second kappa shape index (κ2) is 9.00. The van der Waals surface area contributed by atoms with E-state index in [1.54, 1.807) is 24.3 Å². The van der Waals surface area contributed by atoms with Crippen LogP contribution in [0, 0.1) is 5.92 Å². The highest BCUT2D eigenvalue weighted by molar-refractivity contribution is 5.76. The zero-order valence-electron chi connectivity index (χ0n) is 14.7. The molecule has 1 aromatic carbocycles. The highest BCUT2D eigenvalue weighted by Gasteiger charge is 2.27. The van der Waals surface area contributed by atoms with E-state index in [1.165, 1.54) is 17.3 Å². The average Bonchev–Trinajstić information content (AvgIpc) is 3.02. The SMILES string of the molecule is CC(C)CC(NCC(C(=O)O)c1cncn1Oc1ccccc1)C(=O)O. The van der Waals surface area contributed by atoms with Gasteiger partial charge in [0.1, 0.15) is 18.3 Å². The summed E-state index contributed by atoms with van der Waals surface area (Å²) in [5.74, 6) is -2.40. The molecule has 0 saturated heterocycles. The Morgan fingerprint density at radius 3 is 2.46 bits per heavy atom. The van der Waals surface area contributed by atoms with Crippen LogP contribution in [-0.4, -0.2) is 44.5 Å². The van der Waals surface area contributed by atoms with Crippen LogP contribution in [0.15, 0.2) is 42.9 Å². The largest absolute Gasteiger partial charge is 0.481 e. The van der Waals surface area contributed by atoms with Crippen molar-refractivity contribution in [2.75, 3.05) is 6.54 Å². The summed E-state index contributed by atoms with van der Waals surface area (Å²) < 4.78 is 1.29. The van der Waals surface area contributed by atoms with Crippen LogP contribution < -0.4 is 10.2 Å². The summed E-state index contributed by atoms with van der Waals surface area (Å²) in [6.07, 6.45) is 3.18. The van der Waals surface area contributed by atoms with E-state index in [2.05, 4.69) is 10.3 Å². The third-order valence-electron chi connectivity index (χ3n) is 3.81. The minimum Gasteiger partial charge on any atom is -0.481 e. The van der Waals surface area contributed by atoms with E-state index in [0.717, 1.165) is 0 Å². The maximum absolute atomic E-state index is 11.7. The van der Waals surface area contributed by atoms with Gasteiger partial charge >= 0.3 is 11.9 Å². The van der Waals surface area contributed by atoms with Gasteiger partial charge in [-0.05, 0) is 24.5 Å². The van der Waals surface area contributed by atoms with E-state index in [9.17, 15) is 19.8 Å². The number of hydrogen-bond acceptors (Lipinski definition) is 5. The van der Waals surface area contributed by atoms with E-state index < -0.39 is 23.9 Å². The van der Waals surface area contributed by atoms with E-state index in [4.69, 9.17) is 4.84 Å². The molecule has 2 unspecified atom stereocenters. The van der Waals surface area contributed by atoms with Gasteiger partial charge in [-0.1, -0.05) is 32.0 Å². The Kier molecular flexibility index (Phi) is 6.74. The Bertz CT molecular complexity index is 729. The van der Waals surface area contributed by atoms with E-state index >= 15 is 0 Å². The van der Waals surface area contributed by atoms with E-state index in [-0.39, 0.29) is 12.5 Å². The molecule has 26 heavy (non-hydrogen) atoms. The molecular weight excluding hydrogens is 338 g/mol. The zero-order valence-corrected chi connectivity index (χ0v) is 14.7. The van der Waals surface area contributed by atoms with Gasteiger partial charge in [-0.15, -0.1) is 0 Å². The van der Waals surface area contributed by atoms with Gasteiger partial charge in [0.2, 0.25) is 0 Å². The minimum atomic E-state index is -1.09. The van der Waals surface area contributed by atoms with Crippen LogP contribution in [0.25, 0.3) is 0 Å². The number of hydrogen-bond donors (Lipinski definition) is 3. The van der Waals surface area contributed by atoms with Crippen LogP contribution in [0.4, 0.5) is 0 Å². The van der Waals surface area contributed by atoms with Crippen molar-refractivity contribution in [3.8, 4) is 5.75 Å². The maximum Gasteiger partial charge on any atom is 0.320 e. The molecule has 0 saturated carbocycles. The number of para-hydroxylation sites is 1. The maximum atomic E-state index is 11.7. The number of aromatic nitrogens is 2. The van der Waals surface area contributed by atoms with Crippen molar-refractivity contribution in [1.82, 2.24) is 15.0 Å². The molecule has 8 nitrogen and oxygen atoms in total. The predicted molar refractivity (Wildman–Crippen MR) is 94.0 cm³/mol. The van der Waals surface area contributed by atoms with Crippen molar-refractivity contribution in [2.45, 2.75) is 32.2 Å². The summed E-state index contributed by atoms with van der Waals surface area (Å²) in [4.78, 5) is 32.7. The van der Waals surface area contributed by atoms with Crippen LogP contribution in [0.1, 0.15) is 31.9 Å². The standard InChI is InChI=1S/C18H23N3O5/c1-12(2)8-15(18(24)25)20-9-14(17(22)23)16-10-19-11-21(16)26-13-6-4-3-5-7-13/h3-7,10-12,14-15,20H,8-9H2,1-2H3,(H,22,23)(H,24,25). The second-order valence-corrected chi connectivity index (χ2v) is 6.37. The molecule has 0 aliphatic carbocycles. The van der Waals surface area contributed by atoms with Gasteiger partial charge in [-0.2, -0.15) is 4.73 Å². The topological polar surface area (TPSA) is 114 Å². The molecule has 0 radical (unpaired) electrons. The lowest BCUT2D eigenvalue weighted by molar-refractivity contribution is -0.142. The van der Waals surface area contributed by atoms with Crippen LogP contribution >= 0.6 is 0 Å². The van der Waals surface area contributed by atoms with E-state index in [0.29, 0.717) is 17.9 Å². The third kappa shape index (κ3) is 5.32. The van der Waals surface area contributed by atoms with Gasteiger partial charge in [0, 0.05) is 6.54 Å². The molecule has 0 amide bonds. The lowest BCUT2D eigenvalue weighted by Crippen LogP contribution is -2.41. The molecule has 8 heteroatoms. The monoisotopic (exact) mass is 361 g/mol. The molecule has 0 spiro atoms. The lowest BCUT2D eigenvalue weighted by atomic mass is 10.0. The van der Waals surface area contributed by atoms with Crippen LogP contribution in [0.3, 0.4) is 0 Å². The number of carboxylic acids is 2. The van der Waals surface area contributed by atoms with Crippen molar-refractivity contribution in [3.63, 3.8) is 0 Å². The molecule has 2 aromatic rings. The van der Waals surface area contributed by atoms with Crippen molar-refractivity contribution in [2.24, 2.45) is 5.92 Å². The Morgan fingerprint density at radius 1 is 1.19 bits per heavy atom. The average molecular weight is 361 g/mol. The first kappa shape index (κ1) is 19.5. The predicted octanol–water partition coefficient (Wildman–Crippen LogP) is 1.98. The van der Waals surface area contributed by atoms with Gasteiger partial charge in [0.25, 0.3) is 0 Å². The molecule has 2 rings (SSSR count). The fraction of sp³-hybridized carbons (Fsp3) is 0.389. The van der Waals surface area contributed by atoms with Gasteiger partial charge in [-0.25, -0.2) is 4.98 Å². The number of benzene rings is 1. The number of aliphatic carboxylic acids is 2. The fourth-order valence-corrected chi connectivity index (χ4v) is 2.53. The molecule has 0 fully saturated rings. The molecule has 1 heterocycles. The quantitative estimate of drug-likeness (QED) is 0.593. The molecule has 0 bridgehead atoms. The smallest absolute Gasteiger partial charge is 0.320 e. The van der Waals surface area contributed by atoms with Crippen LogP contribution in [0.2, 0.25) is 0 Å². The van der Waals surface area contributed by atoms with Gasteiger partial charge in [0.05, 0.1) is 11.9 Å². The van der Waals surface area contributed by atoms with Crippen molar-refractivity contribution in [3.05, 3.63) is 48.5 Å². The molecule has 140 valence electrons. The normalized spacial score (nSPS) is 13.3. The first-order valence-corrected chi connectivity index (χ1v) is 8.33. The summed E-state index contributed by atoms with van der Waals surface area (Å²) in [5, 5.41) is 21.7. The Balaban J connectivity index is 2.14. The third-order valence-corrected chi connectivity index (χ3v) is 3.81. The second-order valence-electron chi connectivity index (χ2n) is 6.37. The number of nitrogens with zero attached hydrogens (tertiary/aromatic N) is 2. The number of carbonyl (C=O) groups is 2. The first-order chi connectivity index (χ1) is 12.4. The highest BCUT2D eigenvalue weighted by Crippen LogP contribution is 2.18. The number of carboxylic acid groups (broad SMARTS) is 2. The summed E-state index contributed by atoms with van der Waals surface area (Å²) in [6, 6.07) is 8.09. The molecule has 3 N–H and O–H groups in total. The highest BCUT2D eigenvalue weighted by atomic mass is 16.7. The molecule has 0 aliphatic rings. The number of imidazole rings is 1. The van der Waals surface area contributed by atoms with Crippen molar-refractivity contribution in [1.29, 1.82) is 0 Å². The summed E-state index contributed by atoms with van der Waals surface area (Å²) >= 11 is 0. The van der Waals surface area contributed by atoms with Crippen molar-refractivity contribution >= 4 is 11.9 Å². The first-order valence-electron chi connectivity index (χ1n) is 8.33. The van der Waals surface area contributed by atoms with Gasteiger partial charge in [0.15, 0.2) is 5.75 Å². The summed E-state index contributed by atoms with van der Waals surface area (Å²) in [5.41, 5.74) is 0.322. The lowest BCUT2D eigenvalue weighted by Gasteiger charge is -2.20. The van der Waals surface area contributed by atoms with Crippen LogP contribution in [-0.2, 0) is 9.59 Å². The Morgan fingerprint density at radius 2 is 1.88 bits per heavy atom. The molecule has 1 aromatic heterocycles. The van der Waals surface area contributed by atoms with E-state index in [1.807, 2.05) is 19.9 Å². The minimum absolute atomic E-state index is 0.0527. The van der Waals surface area contributed by atoms with Gasteiger partial charge < -0.3 is 20.4 Å². The molecular formula is C18H23N3O5. The van der Waals surface area contributed by atoms with Gasteiger partial charge in [-0.3, -0.25) is 9.59 Å². The van der Waals surface area contributed by atoms with Crippen molar-refractivity contribution < 1.29 is 24.6 Å². The number of rotatable bonds is 10. The Labute approximate surface area is 151 Å². The zero-order chi connectivity index (χ0) is 19.1. The molecule has 0 aliphatic heterocycles. The summed E-state index contributed by atoms with van der Waals surface area (Å²) in [6.45, 7) is 3.77. The number of nitrogens with one attached hydrogen (secondary N) is 1. The fourth-order valence-electron chi connectivity index (χ4n) is 2.53.